The molecular weight excluding hydrogens is 112 g/mol. The summed E-state index contributed by atoms with van der Waals surface area (Å²) >= 11 is 0. The molecule has 8 heavy (non-hydrogen) atoms. The lowest BCUT2D eigenvalue weighted by atomic mass is 10.4. The standard InChI is InChI=1S/C4H6O4/c5-3(8-7)4(6)1-2-4/h6-7H,1-2H2. The molecule has 4 nitrogen and oxygen atoms in total. The van der Waals surface area contributed by atoms with Gasteiger partial charge in [0.15, 0.2) is 5.60 Å². The van der Waals surface area contributed by atoms with Crippen LogP contribution in [0, 0.1) is 0 Å². The molecule has 2 N–H and O–H groups in total. The molecular formula is C4H6O4. The Bertz CT molecular complexity index is 115. The number of carbonyl (C=O) groups excluding carboxylic acids is 1. The van der Waals surface area contributed by atoms with Gasteiger partial charge in [-0.3, -0.25) is 4.89 Å². The molecule has 1 aliphatic rings. The van der Waals surface area contributed by atoms with Crippen molar-refractivity contribution in [2.45, 2.75) is 18.4 Å². The molecule has 46 valence electrons. The molecule has 1 saturated carbocycles. The van der Waals surface area contributed by atoms with Crippen LogP contribution in [-0.2, 0) is 9.68 Å². The SMILES string of the molecule is O=C(OO)C1(O)CC1. The average molecular weight is 118 g/mol. The number of rotatable bonds is 1. The molecule has 0 aromatic carbocycles. The molecule has 0 aromatic heterocycles. The van der Waals surface area contributed by atoms with Gasteiger partial charge in [0, 0.05) is 0 Å². The molecule has 0 radical (unpaired) electrons. The predicted octanol–water partition coefficient (Wildman–Crippen LogP) is -0.473. The molecule has 4 heteroatoms. The molecule has 0 bridgehead atoms. The van der Waals surface area contributed by atoms with Gasteiger partial charge in [-0.2, -0.15) is 5.26 Å². The summed E-state index contributed by atoms with van der Waals surface area (Å²) in [6.07, 6.45) is 0.790. The molecule has 1 aliphatic carbocycles. The summed E-state index contributed by atoms with van der Waals surface area (Å²) in [6.45, 7) is 0. The first-order valence-corrected chi connectivity index (χ1v) is 2.27. The summed E-state index contributed by atoms with van der Waals surface area (Å²) in [5.41, 5.74) is -1.35. The first-order valence-electron chi connectivity index (χ1n) is 2.27. The Kier molecular flexibility index (Phi) is 0.988. The van der Waals surface area contributed by atoms with E-state index in [0.29, 0.717) is 12.8 Å². The average Bonchev–Trinajstić information content (AvgIpc) is 2.47. The smallest absolute Gasteiger partial charge is 0.373 e. The second kappa shape index (κ2) is 1.43. The van der Waals surface area contributed by atoms with Crippen molar-refractivity contribution < 1.29 is 20.0 Å². The topological polar surface area (TPSA) is 66.8 Å². The fourth-order valence-corrected chi connectivity index (χ4v) is 0.407. The lowest BCUT2D eigenvalue weighted by Gasteiger charge is -1.98. The van der Waals surface area contributed by atoms with Gasteiger partial charge < -0.3 is 5.11 Å². The summed E-state index contributed by atoms with van der Waals surface area (Å²) in [7, 11) is 0. The van der Waals surface area contributed by atoms with Gasteiger partial charge in [-0.25, -0.2) is 4.79 Å². The van der Waals surface area contributed by atoms with Gasteiger partial charge in [0.25, 0.3) is 0 Å². The lowest BCUT2D eigenvalue weighted by molar-refractivity contribution is -0.244. The largest absolute Gasteiger partial charge is 0.378 e. The van der Waals surface area contributed by atoms with Crippen molar-refractivity contribution in [1.82, 2.24) is 0 Å². The molecule has 1 rings (SSSR count). The zero-order chi connectivity index (χ0) is 6.20. The molecule has 0 spiro atoms. The van der Waals surface area contributed by atoms with Crippen LogP contribution in [0.3, 0.4) is 0 Å². The Morgan fingerprint density at radius 3 is 2.25 bits per heavy atom. The van der Waals surface area contributed by atoms with Gasteiger partial charge >= 0.3 is 5.97 Å². The van der Waals surface area contributed by atoms with Crippen LogP contribution in [0.4, 0.5) is 0 Å². The summed E-state index contributed by atoms with van der Waals surface area (Å²) in [5.74, 6) is -0.947. The normalized spacial score (nSPS) is 22.2. The predicted molar refractivity (Wildman–Crippen MR) is 22.9 cm³/mol. The molecule has 0 unspecified atom stereocenters. The minimum absolute atomic E-state index is 0.395. The van der Waals surface area contributed by atoms with Crippen LogP contribution in [0.15, 0.2) is 0 Å². The molecule has 0 aromatic rings. The van der Waals surface area contributed by atoms with E-state index in [1.165, 1.54) is 0 Å². The number of aliphatic hydroxyl groups is 1. The maximum atomic E-state index is 10.2. The van der Waals surface area contributed by atoms with Crippen molar-refractivity contribution >= 4 is 5.97 Å². The highest BCUT2D eigenvalue weighted by molar-refractivity contribution is 5.81. The highest BCUT2D eigenvalue weighted by Crippen LogP contribution is 2.35. The van der Waals surface area contributed by atoms with Crippen molar-refractivity contribution in [3.8, 4) is 0 Å². The summed E-state index contributed by atoms with van der Waals surface area (Å²) in [6, 6.07) is 0. The summed E-state index contributed by atoms with van der Waals surface area (Å²) in [5, 5.41) is 16.5. The monoisotopic (exact) mass is 118 g/mol. The third-order valence-electron chi connectivity index (χ3n) is 1.19. The molecule has 1 fully saturated rings. The fraction of sp³-hybridized carbons (Fsp3) is 0.750. The first-order chi connectivity index (χ1) is 3.69. The minimum atomic E-state index is -1.35. The van der Waals surface area contributed by atoms with Gasteiger partial charge in [-0.05, 0) is 12.8 Å². The van der Waals surface area contributed by atoms with Crippen LogP contribution in [0.5, 0.6) is 0 Å². The molecule has 0 aliphatic heterocycles. The zero-order valence-corrected chi connectivity index (χ0v) is 4.13. The van der Waals surface area contributed by atoms with E-state index >= 15 is 0 Å². The Hall–Kier alpha value is -0.610. The highest BCUT2D eigenvalue weighted by Gasteiger charge is 2.50. The maximum absolute atomic E-state index is 10.2. The van der Waals surface area contributed by atoms with E-state index in [-0.39, 0.29) is 0 Å². The van der Waals surface area contributed by atoms with E-state index < -0.39 is 11.6 Å². The number of carbonyl (C=O) groups is 1. The van der Waals surface area contributed by atoms with E-state index in [1.54, 1.807) is 0 Å². The van der Waals surface area contributed by atoms with Crippen LogP contribution < -0.4 is 0 Å². The van der Waals surface area contributed by atoms with Crippen molar-refractivity contribution in [2.24, 2.45) is 0 Å². The van der Waals surface area contributed by atoms with Crippen molar-refractivity contribution in [3.05, 3.63) is 0 Å². The van der Waals surface area contributed by atoms with Crippen LogP contribution in [0.25, 0.3) is 0 Å². The van der Waals surface area contributed by atoms with Crippen LogP contribution in [-0.4, -0.2) is 21.9 Å². The highest BCUT2D eigenvalue weighted by atomic mass is 17.1. The van der Waals surface area contributed by atoms with Crippen molar-refractivity contribution in [1.29, 1.82) is 0 Å². The second-order valence-corrected chi connectivity index (χ2v) is 1.91. The molecule has 0 saturated heterocycles. The Labute approximate surface area is 45.6 Å². The Balaban J connectivity index is 2.46. The second-order valence-electron chi connectivity index (χ2n) is 1.91. The van der Waals surface area contributed by atoms with Crippen molar-refractivity contribution in [3.63, 3.8) is 0 Å². The lowest BCUT2D eigenvalue weighted by Crippen LogP contribution is -2.22. The van der Waals surface area contributed by atoms with Gasteiger partial charge in [-0.1, -0.05) is 0 Å². The van der Waals surface area contributed by atoms with Crippen molar-refractivity contribution in [2.75, 3.05) is 0 Å². The van der Waals surface area contributed by atoms with Crippen LogP contribution in [0.2, 0.25) is 0 Å². The van der Waals surface area contributed by atoms with Gasteiger partial charge in [-0.15, -0.1) is 0 Å². The van der Waals surface area contributed by atoms with Gasteiger partial charge in [0.2, 0.25) is 0 Å². The van der Waals surface area contributed by atoms with E-state index in [0.717, 1.165) is 0 Å². The van der Waals surface area contributed by atoms with E-state index in [2.05, 4.69) is 4.89 Å². The first kappa shape index (κ1) is 5.53. The number of hydrogen-bond donors (Lipinski definition) is 2. The maximum Gasteiger partial charge on any atom is 0.373 e. The summed E-state index contributed by atoms with van der Waals surface area (Å²) in [4.78, 5) is 13.5. The zero-order valence-electron chi connectivity index (χ0n) is 4.13. The van der Waals surface area contributed by atoms with E-state index in [1.807, 2.05) is 0 Å². The van der Waals surface area contributed by atoms with Crippen LogP contribution in [0.1, 0.15) is 12.8 Å². The molecule has 0 atom stereocenters. The quantitative estimate of drug-likeness (QED) is 0.360. The van der Waals surface area contributed by atoms with E-state index in [9.17, 15) is 4.79 Å². The third kappa shape index (κ3) is 0.677. The minimum Gasteiger partial charge on any atom is -0.378 e. The fourth-order valence-electron chi connectivity index (χ4n) is 0.407. The van der Waals surface area contributed by atoms with Crippen LogP contribution >= 0.6 is 0 Å². The third-order valence-corrected chi connectivity index (χ3v) is 1.19. The Morgan fingerprint density at radius 1 is 1.62 bits per heavy atom. The summed E-state index contributed by atoms with van der Waals surface area (Å²) < 4.78 is 0. The molecule has 0 amide bonds. The molecule has 0 heterocycles. The number of hydrogen-bond acceptors (Lipinski definition) is 4. The van der Waals surface area contributed by atoms with Gasteiger partial charge in [0.1, 0.15) is 0 Å². The van der Waals surface area contributed by atoms with Gasteiger partial charge in [0.05, 0.1) is 0 Å². The van der Waals surface area contributed by atoms with E-state index in [4.69, 9.17) is 10.4 Å². The Morgan fingerprint density at radius 2 is 2.12 bits per heavy atom.